The van der Waals surface area contributed by atoms with E-state index in [0.29, 0.717) is 6.40 Å². The zero-order valence-electron chi connectivity index (χ0n) is 13.7. The van der Waals surface area contributed by atoms with Crippen LogP contribution < -0.4 is 0 Å². The molecule has 0 saturated heterocycles. The highest BCUT2D eigenvalue weighted by Gasteiger charge is 2.56. The molecule has 0 aromatic rings. The highest BCUT2D eigenvalue weighted by Crippen LogP contribution is 2.39. The highest BCUT2D eigenvalue weighted by atomic mass is 16.5. The highest BCUT2D eigenvalue weighted by molar-refractivity contribution is 6.27. The van der Waals surface area contributed by atoms with Crippen LogP contribution in [0.15, 0.2) is 34.3 Å². The van der Waals surface area contributed by atoms with Crippen LogP contribution in [0.4, 0.5) is 0 Å². The maximum atomic E-state index is 12.2. The summed E-state index contributed by atoms with van der Waals surface area (Å²) in [6, 6.07) is 0. The predicted octanol–water partition coefficient (Wildman–Crippen LogP) is 0.444. The van der Waals surface area contributed by atoms with Crippen LogP contribution in [0, 0.1) is 5.41 Å². The van der Waals surface area contributed by atoms with E-state index in [1.54, 1.807) is 0 Å². The lowest BCUT2D eigenvalue weighted by atomic mass is 9.74. The van der Waals surface area contributed by atoms with Crippen LogP contribution in [0.5, 0.6) is 0 Å². The van der Waals surface area contributed by atoms with Gasteiger partial charge in [-0.05, 0) is 44.7 Å². The van der Waals surface area contributed by atoms with Gasteiger partial charge in [0.25, 0.3) is 0 Å². The van der Waals surface area contributed by atoms with E-state index in [-0.39, 0.29) is 12.8 Å². The summed E-state index contributed by atoms with van der Waals surface area (Å²) < 4.78 is 5.30. The first-order chi connectivity index (χ1) is 11.7. The molecule has 0 spiro atoms. The van der Waals surface area contributed by atoms with E-state index >= 15 is 0 Å². The summed E-state index contributed by atoms with van der Waals surface area (Å²) in [6.45, 7) is 8.13. The molecule has 0 unspecified atom stereocenters. The fraction of sp³-hybridized carbons (Fsp3) is 0.353. The fourth-order valence-electron chi connectivity index (χ4n) is 3.24. The normalized spacial score (nSPS) is 20.8. The number of ether oxygens (including phenoxy) is 1. The molecule has 0 saturated carbocycles. The van der Waals surface area contributed by atoms with Gasteiger partial charge in [-0.25, -0.2) is 0 Å². The fourth-order valence-corrected chi connectivity index (χ4v) is 3.24. The van der Waals surface area contributed by atoms with Gasteiger partial charge in [-0.3, -0.25) is 34.6 Å². The van der Waals surface area contributed by atoms with E-state index < -0.39 is 39.8 Å². The summed E-state index contributed by atoms with van der Waals surface area (Å²) in [6.07, 6.45) is 4.38. The third-order valence-electron chi connectivity index (χ3n) is 4.55. The molecule has 0 amide bonds. The molecule has 0 aliphatic heterocycles. The van der Waals surface area contributed by atoms with Crippen LogP contribution in [-0.2, 0) is 23.9 Å². The Bertz CT molecular complexity index is 670. The van der Waals surface area contributed by atoms with Gasteiger partial charge in [0, 0.05) is 12.8 Å². The molecule has 0 fully saturated rings. The second-order valence-electron chi connectivity index (χ2n) is 6.20. The van der Waals surface area contributed by atoms with Gasteiger partial charge < -0.3 is 4.74 Å². The summed E-state index contributed by atoms with van der Waals surface area (Å²) in [7, 11) is 0. The summed E-state index contributed by atoms with van der Waals surface area (Å²) in [4.78, 5) is 56.2. The van der Waals surface area contributed by atoms with Crippen LogP contribution in [0.2, 0.25) is 0 Å². The molecule has 2 aliphatic rings. The minimum Gasteiger partial charge on any atom is -0.477 e. The van der Waals surface area contributed by atoms with Crippen molar-refractivity contribution in [2.24, 2.45) is 9.98 Å². The second kappa shape index (κ2) is 6.12. The summed E-state index contributed by atoms with van der Waals surface area (Å²) in [5, 5.41) is 7.24. The van der Waals surface area contributed by atoms with Gasteiger partial charge in [-0.2, -0.15) is 0 Å². The van der Waals surface area contributed by atoms with Crippen molar-refractivity contribution in [3.8, 4) is 0 Å². The molecule has 0 radical (unpaired) electrons. The lowest BCUT2D eigenvalue weighted by molar-refractivity contribution is -0.132. The average molecular weight is 343 g/mol. The van der Waals surface area contributed by atoms with Gasteiger partial charge in [0.2, 0.25) is 0 Å². The molecular weight excluding hydrogens is 326 g/mol. The van der Waals surface area contributed by atoms with Gasteiger partial charge >= 0.3 is 0 Å². The van der Waals surface area contributed by atoms with Crippen LogP contribution >= 0.6 is 0 Å². The topological polar surface area (TPSA) is 126 Å². The van der Waals surface area contributed by atoms with Gasteiger partial charge in [0.1, 0.15) is 5.60 Å². The van der Waals surface area contributed by atoms with E-state index in [1.165, 1.54) is 6.92 Å². The summed E-state index contributed by atoms with van der Waals surface area (Å²) in [5.74, 6) is -2.30. The minimum atomic E-state index is -1.81. The first kappa shape index (κ1) is 18.3. The molecule has 25 heavy (non-hydrogen) atoms. The number of carbonyl (C=O) groups is 4. The van der Waals surface area contributed by atoms with Gasteiger partial charge in [0.15, 0.2) is 40.6 Å². The Morgan fingerprint density at radius 1 is 0.960 bits per heavy atom. The molecule has 0 heterocycles. The number of hydrogen-bond acceptors (Lipinski definition) is 8. The lowest BCUT2D eigenvalue weighted by Crippen LogP contribution is -2.53. The Morgan fingerprint density at radius 2 is 1.28 bits per heavy atom. The van der Waals surface area contributed by atoms with E-state index in [9.17, 15) is 19.2 Å². The maximum Gasteiger partial charge on any atom is 0.191 e. The van der Waals surface area contributed by atoms with Gasteiger partial charge in [-0.1, -0.05) is 0 Å². The van der Waals surface area contributed by atoms with Crippen LogP contribution in [0.1, 0.15) is 19.8 Å². The smallest absolute Gasteiger partial charge is 0.191 e. The molecular formula is C17H17N3O5. The van der Waals surface area contributed by atoms with Crippen molar-refractivity contribution in [3.63, 3.8) is 0 Å². The van der Waals surface area contributed by atoms with Crippen molar-refractivity contribution in [1.29, 1.82) is 5.41 Å². The van der Waals surface area contributed by atoms with Crippen molar-refractivity contribution >= 4 is 43.0 Å². The summed E-state index contributed by atoms with van der Waals surface area (Å²) in [5.41, 5.74) is -5.06. The molecule has 8 nitrogen and oxygen atoms in total. The van der Waals surface area contributed by atoms with Crippen molar-refractivity contribution < 1.29 is 23.9 Å². The first-order valence-corrected chi connectivity index (χ1v) is 7.36. The Hall–Kier alpha value is -3.03. The van der Waals surface area contributed by atoms with E-state index in [4.69, 9.17) is 10.1 Å². The number of nitrogens with zero attached hydrogens (tertiary/aromatic N) is 2. The van der Waals surface area contributed by atoms with E-state index in [1.807, 2.05) is 0 Å². The minimum absolute atomic E-state index is 0.304. The summed E-state index contributed by atoms with van der Waals surface area (Å²) >= 11 is 0. The van der Waals surface area contributed by atoms with Crippen molar-refractivity contribution in [2.45, 2.75) is 36.4 Å². The molecule has 0 atom stereocenters. The molecule has 0 aromatic carbocycles. The molecule has 2 rings (SSSR count). The Morgan fingerprint density at radius 3 is 1.52 bits per heavy atom. The quantitative estimate of drug-likeness (QED) is 0.389. The SMILES string of the molecule is C=NC1(CC(C)(CC2(N=C)C(=O)C=CC2=O)OC=N)C(=O)C=CC1=O. The zero-order valence-corrected chi connectivity index (χ0v) is 13.7. The Labute approximate surface area is 143 Å². The molecule has 0 bridgehead atoms. The molecule has 0 aromatic heterocycles. The molecule has 8 heteroatoms. The Balaban J connectivity index is 2.44. The largest absolute Gasteiger partial charge is 0.477 e. The van der Waals surface area contributed by atoms with E-state index in [2.05, 4.69) is 23.4 Å². The maximum absolute atomic E-state index is 12.2. The van der Waals surface area contributed by atoms with Crippen molar-refractivity contribution in [1.82, 2.24) is 0 Å². The number of rotatable bonds is 8. The molecule has 1 N–H and O–H groups in total. The number of aliphatic imine (C=N–C) groups is 2. The van der Waals surface area contributed by atoms with Crippen LogP contribution in [-0.4, -0.2) is 59.6 Å². The number of hydrogen-bond donors (Lipinski definition) is 1. The Kier molecular flexibility index (Phi) is 4.48. The number of ketones is 4. The van der Waals surface area contributed by atoms with Gasteiger partial charge in [0.05, 0.1) is 0 Å². The lowest BCUT2D eigenvalue weighted by Gasteiger charge is -2.38. The monoisotopic (exact) mass is 343 g/mol. The van der Waals surface area contributed by atoms with Crippen LogP contribution in [0.25, 0.3) is 0 Å². The van der Waals surface area contributed by atoms with Crippen molar-refractivity contribution in [2.75, 3.05) is 0 Å². The van der Waals surface area contributed by atoms with Crippen molar-refractivity contribution in [3.05, 3.63) is 24.3 Å². The molecule has 2 aliphatic carbocycles. The number of carbonyl (C=O) groups excluding carboxylic acids is 4. The average Bonchev–Trinajstić information content (AvgIpc) is 3.00. The third-order valence-corrected chi connectivity index (χ3v) is 4.55. The first-order valence-electron chi connectivity index (χ1n) is 7.36. The van der Waals surface area contributed by atoms with Crippen LogP contribution in [0.3, 0.4) is 0 Å². The predicted molar refractivity (Wildman–Crippen MR) is 90.4 cm³/mol. The van der Waals surface area contributed by atoms with E-state index in [0.717, 1.165) is 24.3 Å². The second-order valence-corrected chi connectivity index (χ2v) is 6.20. The van der Waals surface area contributed by atoms with Gasteiger partial charge in [-0.15, -0.1) is 0 Å². The molecule has 130 valence electrons. The third kappa shape index (κ3) is 2.69. The number of nitrogens with one attached hydrogen (secondary N) is 1. The zero-order chi connectivity index (χ0) is 18.9. The standard InChI is InChI=1S/C17H17N3O5/c1-15(25-10-18,8-16(19-2)11(21)4-5-12(16)22)9-17(20-3)13(23)6-7-14(17)24/h4-7,10,18H,2-3,8-9H2,1H3.